The van der Waals surface area contributed by atoms with E-state index in [1.165, 1.54) is 12.0 Å². The third-order valence-electron chi connectivity index (χ3n) is 4.16. The van der Waals surface area contributed by atoms with Gasteiger partial charge in [-0.05, 0) is 57.2 Å². The van der Waals surface area contributed by atoms with Crippen LogP contribution in [0.4, 0.5) is 0 Å². The SMILES string of the molecule is C=C(C)CC.CC.CC=CC(O)c1ccc(OCCCCl)cc1.O=C1CCCCC1. The van der Waals surface area contributed by atoms with Crippen LogP contribution in [0.5, 0.6) is 5.75 Å². The molecule has 0 aromatic heterocycles. The van der Waals surface area contributed by atoms with Crippen LogP contribution >= 0.6 is 11.6 Å². The van der Waals surface area contributed by atoms with Gasteiger partial charge in [0.25, 0.3) is 0 Å². The van der Waals surface area contributed by atoms with Gasteiger partial charge in [-0.2, -0.15) is 0 Å². The quantitative estimate of drug-likeness (QED) is 0.268. The van der Waals surface area contributed by atoms with Crippen LogP contribution in [0.15, 0.2) is 48.6 Å². The maximum Gasteiger partial charge on any atom is 0.132 e. The second kappa shape index (κ2) is 22.1. The zero-order valence-corrected chi connectivity index (χ0v) is 20.5. The Labute approximate surface area is 190 Å². The average Bonchev–Trinajstić information content (AvgIpc) is 2.77. The summed E-state index contributed by atoms with van der Waals surface area (Å²) in [6.07, 6.45) is 10.2. The number of hydrogen-bond donors (Lipinski definition) is 1. The largest absolute Gasteiger partial charge is 0.494 e. The summed E-state index contributed by atoms with van der Waals surface area (Å²) in [5.74, 6) is 1.88. The smallest absolute Gasteiger partial charge is 0.132 e. The van der Waals surface area contributed by atoms with Gasteiger partial charge >= 0.3 is 0 Å². The van der Waals surface area contributed by atoms with Crippen LogP contribution < -0.4 is 4.74 Å². The number of benzene rings is 1. The fourth-order valence-corrected chi connectivity index (χ4v) is 2.35. The first-order valence-corrected chi connectivity index (χ1v) is 11.7. The van der Waals surface area contributed by atoms with Gasteiger partial charge in [0.2, 0.25) is 0 Å². The standard InChI is InChI=1S/C13H17ClO2.C6H10O.C5H10.C2H6/c1-2-4-13(15)11-5-7-12(8-6-11)16-10-3-9-14;7-6-4-2-1-3-5-6;1-4-5(2)3;1-2/h2,4-8,13,15H,3,9-10H2,1H3;1-5H2;2,4H2,1,3H3;1-2H3. The lowest BCUT2D eigenvalue weighted by Gasteiger charge is -2.08. The Morgan fingerprint density at radius 3 is 2.10 bits per heavy atom. The number of ketones is 1. The maximum atomic E-state index is 10.5. The molecule has 0 spiro atoms. The molecule has 1 aliphatic rings. The number of alkyl halides is 1. The molecule has 0 radical (unpaired) electrons. The summed E-state index contributed by atoms with van der Waals surface area (Å²) in [5, 5.41) is 9.68. The number of halogens is 1. The normalized spacial score (nSPS) is 13.6. The molecular formula is C26H43ClO3. The molecule has 2 rings (SSSR count). The highest BCUT2D eigenvalue weighted by Crippen LogP contribution is 2.18. The van der Waals surface area contributed by atoms with Gasteiger partial charge in [0, 0.05) is 18.7 Å². The lowest BCUT2D eigenvalue weighted by atomic mass is 10.00. The summed E-state index contributed by atoms with van der Waals surface area (Å²) >= 11 is 5.55. The number of carbonyl (C=O) groups is 1. The number of ether oxygens (including phenoxy) is 1. The topological polar surface area (TPSA) is 46.5 Å². The molecule has 1 fully saturated rings. The third kappa shape index (κ3) is 18.4. The van der Waals surface area contributed by atoms with Crippen LogP contribution in [0.2, 0.25) is 0 Å². The molecule has 1 N–H and O–H groups in total. The Bertz CT molecular complexity index is 556. The van der Waals surface area contributed by atoms with E-state index in [9.17, 15) is 9.90 Å². The molecule has 0 heterocycles. The van der Waals surface area contributed by atoms with Crippen molar-refractivity contribution in [3.63, 3.8) is 0 Å². The van der Waals surface area contributed by atoms with E-state index in [1.54, 1.807) is 6.08 Å². The molecule has 1 aromatic rings. The molecule has 1 atom stereocenters. The van der Waals surface area contributed by atoms with Crippen molar-refractivity contribution in [3.8, 4) is 5.75 Å². The molecule has 4 heteroatoms. The zero-order chi connectivity index (χ0) is 23.2. The number of aliphatic hydroxyl groups excluding tert-OH is 1. The Hall–Kier alpha value is -1.58. The number of carbonyl (C=O) groups excluding carboxylic acids is 1. The number of hydrogen-bond acceptors (Lipinski definition) is 3. The summed E-state index contributed by atoms with van der Waals surface area (Å²) in [6.45, 7) is 14.3. The first kappa shape index (κ1) is 30.6. The van der Waals surface area contributed by atoms with Crippen molar-refractivity contribution in [1.29, 1.82) is 0 Å². The molecule has 0 bridgehead atoms. The summed E-state index contributed by atoms with van der Waals surface area (Å²) in [7, 11) is 0. The predicted molar refractivity (Wildman–Crippen MR) is 132 cm³/mol. The second-order valence-electron chi connectivity index (χ2n) is 6.84. The second-order valence-corrected chi connectivity index (χ2v) is 7.22. The van der Waals surface area contributed by atoms with E-state index in [0.717, 1.165) is 49.8 Å². The molecule has 1 aliphatic carbocycles. The molecule has 0 amide bonds. The van der Waals surface area contributed by atoms with Crippen molar-refractivity contribution >= 4 is 17.4 Å². The Morgan fingerprint density at radius 2 is 1.73 bits per heavy atom. The Balaban J connectivity index is 0. The van der Waals surface area contributed by atoms with Crippen molar-refractivity contribution in [3.05, 3.63) is 54.1 Å². The maximum absolute atomic E-state index is 10.5. The molecular weight excluding hydrogens is 396 g/mol. The van der Waals surface area contributed by atoms with Crippen molar-refractivity contribution in [2.75, 3.05) is 12.5 Å². The fourth-order valence-electron chi connectivity index (χ4n) is 2.25. The van der Waals surface area contributed by atoms with Gasteiger partial charge in [0.05, 0.1) is 12.7 Å². The van der Waals surface area contributed by atoms with Crippen molar-refractivity contribution in [1.82, 2.24) is 0 Å². The minimum absolute atomic E-state index is 0.464. The summed E-state index contributed by atoms with van der Waals surface area (Å²) in [4.78, 5) is 10.5. The van der Waals surface area contributed by atoms with Crippen molar-refractivity contribution in [2.45, 2.75) is 85.7 Å². The monoisotopic (exact) mass is 438 g/mol. The molecule has 30 heavy (non-hydrogen) atoms. The minimum Gasteiger partial charge on any atom is -0.494 e. The highest BCUT2D eigenvalue weighted by Gasteiger charge is 2.06. The Kier molecular flexibility index (Phi) is 22.6. The van der Waals surface area contributed by atoms with E-state index in [-0.39, 0.29) is 0 Å². The number of rotatable bonds is 7. The highest BCUT2D eigenvalue weighted by molar-refractivity contribution is 6.17. The molecule has 0 saturated heterocycles. The lowest BCUT2D eigenvalue weighted by Crippen LogP contribution is -2.02. The van der Waals surface area contributed by atoms with Gasteiger partial charge in [0.1, 0.15) is 11.5 Å². The highest BCUT2D eigenvalue weighted by atomic mass is 35.5. The average molecular weight is 439 g/mol. The predicted octanol–water partition coefficient (Wildman–Crippen LogP) is 7.82. The minimum atomic E-state index is -0.540. The van der Waals surface area contributed by atoms with E-state index in [4.69, 9.17) is 16.3 Å². The number of allylic oxidation sites excluding steroid dienone is 2. The van der Waals surface area contributed by atoms with Gasteiger partial charge in [-0.3, -0.25) is 4.79 Å². The number of aliphatic hydroxyl groups is 1. The van der Waals surface area contributed by atoms with E-state index in [0.29, 0.717) is 18.3 Å². The molecule has 3 nitrogen and oxygen atoms in total. The van der Waals surface area contributed by atoms with Crippen molar-refractivity contribution in [2.24, 2.45) is 0 Å². The van der Waals surface area contributed by atoms with Crippen LogP contribution in [-0.4, -0.2) is 23.4 Å². The van der Waals surface area contributed by atoms with Gasteiger partial charge in [-0.25, -0.2) is 0 Å². The van der Waals surface area contributed by atoms with Gasteiger partial charge in [0.15, 0.2) is 0 Å². The van der Waals surface area contributed by atoms with E-state index in [2.05, 4.69) is 13.5 Å². The van der Waals surface area contributed by atoms with Crippen LogP contribution in [0.1, 0.15) is 91.2 Å². The van der Waals surface area contributed by atoms with Crippen LogP contribution in [-0.2, 0) is 4.79 Å². The summed E-state index contributed by atoms with van der Waals surface area (Å²) in [6, 6.07) is 7.44. The van der Waals surface area contributed by atoms with Crippen LogP contribution in [0, 0.1) is 0 Å². The summed E-state index contributed by atoms with van der Waals surface area (Å²) in [5.41, 5.74) is 2.12. The van der Waals surface area contributed by atoms with Crippen LogP contribution in [0.3, 0.4) is 0 Å². The lowest BCUT2D eigenvalue weighted by molar-refractivity contribution is -0.120. The van der Waals surface area contributed by atoms with E-state index < -0.39 is 6.10 Å². The number of Topliss-reactive ketones (excluding diaryl/α,β-unsaturated/α-hetero) is 1. The first-order chi connectivity index (χ1) is 14.4. The fraction of sp³-hybridized carbons (Fsp3) is 0.577. The molecule has 1 saturated carbocycles. The van der Waals surface area contributed by atoms with Crippen LogP contribution in [0.25, 0.3) is 0 Å². The van der Waals surface area contributed by atoms with Crippen molar-refractivity contribution < 1.29 is 14.6 Å². The molecule has 172 valence electrons. The van der Waals surface area contributed by atoms with Gasteiger partial charge in [-0.15, -0.1) is 18.2 Å². The first-order valence-electron chi connectivity index (χ1n) is 11.2. The molecule has 1 unspecified atom stereocenters. The molecule has 1 aromatic carbocycles. The Morgan fingerprint density at radius 1 is 1.20 bits per heavy atom. The molecule has 0 aliphatic heterocycles. The van der Waals surface area contributed by atoms with Gasteiger partial charge in [-0.1, -0.05) is 57.0 Å². The third-order valence-corrected chi connectivity index (χ3v) is 4.43. The van der Waals surface area contributed by atoms with E-state index in [1.807, 2.05) is 58.0 Å². The van der Waals surface area contributed by atoms with Gasteiger partial charge < -0.3 is 9.84 Å². The van der Waals surface area contributed by atoms with E-state index >= 15 is 0 Å². The zero-order valence-electron chi connectivity index (χ0n) is 19.8. The summed E-state index contributed by atoms with van der Waals surface area (Å²) < 4.78 is 5.46.